The molecule has 0 aliphatic carbocycles. The largest absolute Gasteiger partial charge is 0.465 e. The van der Waals surface area contributed by atoms with Crippen LogP contribution in [0.3, 0.4) is 0 Å². The van der Waals surface area contributed by atoms with Crippen LogP contribution in [0.15, 0.2) is 28.0 Å². The third-order valence-electron chi connectivity index (χ3n) is 2.89. The maximum Gasteiger partial charge on any atom is 0.341 e. The molecule has 2 aromatic rings. The molecule has 0 aromatic carbocycles. The van der Waals surface area contributed by atoms with Crippen LogP contribution < -0.4 is 5.32 Å². The molecule has 0 bridgehead atoms. The molecule has 0 saturated heterocycles. The zero-order valence-electron chi connectivity index (χ0n) is 12.6. The van der Waals surface area contributed by atoms with Crippen molar-refractivity contribution in [1.29, 1.82) is 0 Å². The fourth-order valence-corrected chi connectivity index (χ4v) is 2.42. The quantitative estimate of drug-likeness (QED) is 0.809. The zero-order chi connectivity index (χ0) is 16.8. The van der Waals surface area contributed by atoms with E-state index in [0.717, 1.165) is 0 Å². The fraction of sp³-hybridized carbons (Fsp3) is 0.267. The number of rotatable bonds is 6. The van der Waals surface area contributed by atoms with Gasteiger partial charge in [-0.05, 0) is 24.4 Å². The van der Waals surface area contributed by atoms with Crippen molar-refractivity contribution in [1.82, 2.24) is 5.32 Å². The van der Waals surface area contributed by atoms with Gasteiger partial charge in [0.2, 0.25) is 0 Å². The number of nitrogens with one attached hydrogen (secondary N) is 1. The van der Waals surface area contributed by atoms with E-state index < -0.39 is 11.9 Å². The summed E-state index contributed by atoms with van der Waals surface area (Å²) in [5, 5.41) is 4.23. The highest BCUT2D eigenvalue weighted by Crippen LogP contribution is 2.16. The summed E-state index contributed by atoms with van der Waals surface area (Å²) in [7, 11) is 1.27. The first kappa shape index (κ1) is 16.8. The summed E-state index contributed by atoms with van der Waals surface area (Å²) >= 11 is 1.28. The number of carbonyl (C=O) groups excluding carboxylic acids is 3. The lowest BCUT2D eigenvalue weighted by Gasteiger charge is -2.04. The Morgan fingerprint density at radius 1 is 1.35 bits per heavy atom. The molecule has 1 amide bonds. The molecule has 7 nitrogen and oxygen atoms in total. The minimum Gasteiger partial charge on any atom is -0.465 e. The van der Waals surface area contributed by atoms with Gasteiger partial charge in [-0.25, -0.2) is 4.79 Å². The Bertz CT molecular complexity index is 704. The molecule has 23 heavy (non-hydrogen) atoms. The maximum absolute atomic E-state index is 11.7. The monoisotopic (exact) mass is 337 g/mol. The third kappa shape index (κ3) is 4.43. The number of amides is 1. The molecule has 0 atom stereocenters. The van der Waals surface area contributed by atoms with Crippen LogP contribution in [0.2, 0.25) is 0 Å². The van der Waals surface area contributed by atoms with E-state index in [1.165, 1.54) is 24.5 Å². The third-order valence-corrected chi connectivity index (χ3v) is 3.76. The highest BCUT2D eigenvalue weighted by atomic mass is 32.1. The van der Waals surface area contributed by atoms with Gasteiger partial charge < -0.3 is 19.2 Å². The summed E-state index contributed by atoms with van der Waals surface area (Å²) in [4.78, 5) is 35.2. The van der Waals surface area contributed by atoms with Gasteiger partial charge in [0.15, 0.2) is 0 Å². The van der Waals surface area contributed by atoms with E-state index in [1.54, 1.807) is 24.4 Å². The molecule has 2 aromatic heterocycles. The molecule has 0 radical (unpaired) electrons. The van der Waals surface area contributed by atoms with Crippen LogP contribution in [0, 0.1) is 6.92 Å². The predicted molar refractivity (Wildman–Crippen MR) is 81.2 cm³/mol. The van der Waals surface area contributed by atoms with Crippen LogP contribution >= 0.6 is 11.3 Å². The Morgan fingerprint density at radius 3 is 2.78 bits per heavy atom. The number of ether oxygens (including phenoxy) is 2. The van der Waals surface area contributed by atoms with Crippen molar-refractivity contribution >= 4 is 29.2 Å². The fourth-order valence-electron chi connectivity index (χ4n) is 1.78. The molecule has 0 saturated carbocycles. The van der Waals surface area contributed by atoms with Gasteiger partial charge in [0.1, 0.15) is 30.2 Å². The van der Waals surface area contributed by atoms with E-state index in [2.05, 4.69) is 10.1 Å². The Hall–Kier alpha value is -2.61. The topological polar surface area (TPSA) is 94.8 Å². The van der Waals surface area contributed by atoms with E-state index in [0.29, 0.717) is 16.4 Å². The average Bonchev–Trinajstić information content (AvgIpc) is 3.19. The van der Waals surface area contributed by atoms with Gasteiger partial charge in [-0.2, -0.15) is 0 Å². The number of aryl methyl sites for hydroxylation is 1. The highest BCUT2D eigenvalue weighted by molar-refractivity contribution is 7.12. The van der Waals surface area contributed by atoms with E-state index in [-0.39, 0.29) is 24.6 Å². The lowest BCUT2D eigenvalue weighted by Crippen LogP contribution is -2.30. The van der Waals surface area contributed by atoms with Crippen molar-refractivity contribution in [3.05, 3.63) is 45.5 Å². The lowest BCUT2D eigenvalue weighted by molar-refractivity contribution is -0.144. The summed E-state index contributed by atoms with van der Waals surface area (Å²) in [6, 6.07) is 4.86. The van der Waals surface area contributed by atoms with Gasteiger partial charge >= 0.3 is 11.9 Å². The minimum absolute atomic E-state index is 0.133. The Kier molecular flexibility index (Phi) is 5.53. The summed E-state index contributed by atoms with van der Waals surface area (Å²) in [6.45, 7) is 1.23. The second-order valence-corrected chi connectivity index (χ2v) is 5.44. The van der Waals surface area contributed by atoms with Crippen LogP contribution in [-0.2, 0) is 20.9 Å². The van der Waals surface area contributed by atoms with E-state index in [1.807, 2.05) is 0 Å². The SMILES string of the molecule is COC(=O)c1cc(COC(=O)CNC(=O)c2cccs2)oc1C. The van der Waals surface area contributed by atoms with Crippen molar-refractivity contribution in [2.75, 3.05) is 13.7 Å². The summed E-state index contributed by atoms with van der Waals surface area (Å²) in [5.74, 6) is -0.760. The number of hydrogen-bond acceptors (Lipinski definition) is 7. The van der Waals surface area contributed by atoms with Crippen molar-refractivity contribution in [3.63, 3.8) is 0 Å². The predicted octanol–water partition coefficient (Wildman–Crippen LogP) is 1.91. The van der Waals surface area contributed by atoms with Gasteiger partial charge in [-0.1, -0.05) is 6.07 Å². The second kappa shape index (κ2) is 7.59. The lowest BCUT2D eigenvalue weighted by atomic mass is 10.2. The minimum atomic E-state index is -0.608. The Labute approximate surface area is 136 Å². The number of carbonyl (C=O) groups is 3. The van der Waals surface area contributed by atoms with Gasteiger partial charge in [0.25, 0.3) is 5.91 Å². The first-order valence-electron chi connectivity index (χ1n) is 6.66. The molecule has 122 valence electrons. The van der Waals surface area contributed by atoms with Crippen molar-refractivity contribution in [3.8, 4) is 0 Å². The molecule has 2 heterocycles. The molecule has 0 aliphatic rings. The second-order valence-electron chi connectivity index (χ2n) is 4.49. The average molecular weight is 337 g/mol. The number of furan rings is 1. The number of hydrogen-bond donors (Lipinski definition) is 1. The standard InChI is InChI=1S/C15H15NO6S/c1-9-11(15(19)20-2)6-10(22-9)8-21-13(17)7-16-14(18)12-4-3-5-23-12/h3-6H,7-8H2,1-2H3,(H,16,18). The van der Waals surface area contributed by atoms with Crippen molar-refractivity contribution < 1.29 is 28.3 Å². The van der Waals surface area contributed by atoms with Crippen LogP contribution in [0.4, 0.5) is 0 Å². The zero-order valence-corrected chi connectivity index (χ0v) is 13.4. The molecule has 8 heteroatoms. The summed E-state index contributed by atoms with van der Waals surface area (Å²) < 4.78 is 14.9. The van der Waals surface area contributed by atoms with E-state index in [9.17, 15) is 14.4 Å². The first-order chi connectivity index (χ1) is 11.0. The van der Waals surface area contributed by atoms with Gasteiger partial charge in [-0.3, -0.25) is 9.59 Å². The molecular formula is C15H15NO6S. The van der Waals surface area contributed by atoms with Crippen LogP contribution in [0.5, 0.6) is 0 Å². The van der Waals surface area contributed by atoms with Crippen molar-refractivity contribution in [2.24, 2.45) is 0 Å². The van der Waals surface area contributed by atoms with Crippen LogP contribution in [-0.4, -0.2) is 31.5 Å². The maximum atomic E-state index is 11.7. The van der Waals surface area contributed by atoms with E-state index >= 15 is 0 Å². The molecule has 2 rings (SSSR count). The van der Waals surface area contributed by atoms with Gasteiger partial charge in [-0.15, -0.1) is 11.3 Å². The highest BCUT2D eigenvalue weighted by Gasteiger charge is 2.16. The molecule has 0 spiro atoms. The van der Waals surface area contributed by atoms with Crippen LogP contribution in [0.25, 0.3) is 0 Å². The molecule has 0 unspecified atom stereocenters. The number of methoxy groups -OCH3 is 1. The van der Waals surface area contributed by atoms with Crippen molar-refractivity contribution in [2.45, 2.75) is 13.5 Å². The smallest absolute Gasteiger partial charge is 0.341 e. The summed E-state index contributed by atoms with van der Waals surface area (Å²) in [6.07, 6.45) is 0. The van der Waals surface area contributed by atoms with Crippen LogP contribution in [0.1, 0.15) is 31.6 Å². The van der Waals surface area contributed by atoms with E-state index in [4.69, 9.17) is 9.15 Å². The molecule has 1 N–H and O–H groups in total. The normalized spacial score (nSPS) is 10.2. The first-order valence-corrected chi connectivity index (χ1v) is 7.54. The van der Waals surface area contributed by atoms with Gasteiger partial charge in [0.05, 0.1) is 12.0 Å². The molecule has 0 aliphatic heterocycles. The summed E-state index contributed by atoms with van der Waals surface area (Å²) in [5.41, 5.74) is 0.282. The number of esters is 2. The Balaban J connectivity index is 1.80. The Morgan fingerprint density at radius 2 is 2.13 bits per heavy atom. The molecular weight excluding hydrogens is 322 g/mol. The number of thiophene rings is 1. The van der Waals surface area contributed by atoms with Gasteiger partial charge in [0, 0.05) is 0 Å². The molecule has 0 fully saturated rings.